The van der Waals surface area contributed by atoms with Gasteiger partial charge in [-0.25, -0.2) is 0 Å². The standard InChI is InChI=1S/C14H26O3.CH5N/c1-2-3-4-5-6-7-8-9-10-11-13(15)12-14(16)17;1-2/h2-12H2,1H3,(H,16,17);2H2,1H3. The van der Waals surface area contributed by atoms with Crippen molar-refractivity contribution in [3.8, 4) is 0 Å². The summed E-state index contributed by atoms with van der Waals surface area (Å²) in [6.45, 7) is 2.22. The molecule has 19 heavy (non-hydrogen) atoms. The molecule has 0 aromatic carbocycles. The fraction of sp³-hybridized carbons (Fsp3) is 0.867. The maximum Gasteiger partial charge on any atom is 0.310 e. The first-order valence-electron chi connectivity index (χ1n) is 7.48. The van der Waals surface area contributed by atoms with Gasteiger partial charge in [0.2, 0.25) is 0 Å². The van der Waals surface area contributed by atoms with Crippen LogP contribution in [0, 0.1) is 0 Å². The highest BCUT2D eigenvalue weighted by atomic mass is 16.4. The van der Waals surface area contributed by atoms with Crippen LogP contribution in [0.4, 0.5) is 0 Å². The third-order valence-corrected chi connectivity index (χ3v) is 2.91. The molecule has 0 radical (unpaired) electrons. The second-order valence-electron chi connectivity index (χ2n) is 4.69. The summed E-state index contributed by atoms with van der Waals surface area (Å²) in [7, 11) is 1.50. The molecule has 0 fully saturated rings. The highest BCUT2D eigenvalue weighted by Gasteiger charge is 2.06. The minimum atomic E-state index is -1.01. The Hall–Kier alpha value is -0.900. The third-order valence-electron chi connectivity index (χ3n) is 2.91. The lowest BCUT2D eigenvalue weighted by atomic mass is 10.0. The number of carboxylic acid groups (broad SMARTS) is 1. The first-order valence-corrected chi connectivity index (χ1v) is 7.48. The Labute approximate surface area is 117 Å². The number of carbonyl (C=O) groups excluding carboxylic acids is 1. The predicted octanol–water partition coefficient (Wildman–Crippen LogP) is 3.53. The summed E-state index contributed by atoms with van der Waals surface area (Å²) in [5, 5.41) is 8.41. The molecular formula is C15H31NO3. The molecular weight excluding hydrogens is 242 g/mol. The van der Waals surface area contributed by atoms with Crippen LogP contribution >= 0.6 is 0 Å². The smallest absolute Gasteiger partial charge is 0.310 e. The lowest BCUT2D eigenvalue weighted by Crippen LogP contribution is -2.05. The summed E-state index contributed by atoms with van der Waals surface area (Å²) in [4.78, 5) is 21.3. The topological polar surface area (TPSA) is 80.4 Å². The van der Waals surface area contributed by atoms with Gasteiger partial charge in [-0.2, -0.15) is 0 Å². The molecule has 0 aromatic heterocycles. The minimum Gasteiger partial charge on any atom is -0.481 e. The average Bonchev–Trinajstić information content (AvgIpc) is 2.38. The summed E-state index contributed by atoms with van der Waals surface area (Å²) >= 11 is 0. The first-order chi connectivity index (χ1) is 9.16. The highest BCUT2D eigenvalue weighted by Crippen LogP contribution is 2.10. The lowest BCUT2D eigenvalue weighted by molar-refractivity contribution is -0.140. The van der Waals surface area contributed by atoms with Crippen molar-refractivity contribution in [3.63, 3.8) is 0 Å². The van der Waals surface area contributed by atoms with Gasteiger partial charge in [-0.3, -0.25) is 9.59 Å². The number of ketones is 1. The number of hydrogen-bond acceptors (Lipinski definition) is 3. The molecule has 0 atom stereocenters. The third kappa shape index (κ3) is 19.6. The van der Waals surface area contributed by atoms with E-state index in [-0.39, 0.29) is 12.2 Å². The number of aliphatic carboxylic acids is 1. The largest absolute Gasteiger partial charge is 0.481 e. The van der Waals surface area contributed by atoms with Gasteiger partial charge in [-0.1, -0.05) is 58.3 Å². The number of nitrogens with two attached hydrogens (primary N) is 1. The molecule has 0 spiro atoms. The van der Waals surface area contributed by atoms with Crippen LogP contribution in [0.25, 0.3) is 0 Å². The quantitative estimate of drug-likeness (QED) is 0.421. The molecule has 0 saturated heterocycles. The van der Waals surface area contributed by atoms with Crippen LogP contribution in [0.15, 0.2) is 0 Å². The molecule has 0 aromatic rings. The molecule has 0 rings (SSSR count). The number of hydrogen-bond donors (Lipinski definition) is 2. The van der Waals surface area contributed by atoms with Crippen LogP contribution in [0.5, 0.6) is 0 Å². The number of rotatable bonds is 12. The van der Waals surface area contributed by atoms with E-state index in [9.17, 15) is 9.59 Å². The van der Waals surface area contributed by atoms with Crippen LogP contribution in [-0.2, 0) is 9.59 Å². The van der Waals surface area contributed by atoms with Crippen molar-refractivity contribution < 1.29 is 14.7 Å². The average molecular weight is 273 g/mol. The van der Waals surface area contributed by atoms with Gasteiger partial charge in [0.1, 0.15) is 12.2 Å². The molecule has 0 unspecified atom stereocenters. The second-order valence-corrected chi connectivity index (χ2v) is 4.69. The Morgan fingerprint density at radius 3 is 1.68 bits per heavy atom. The van der Waals surface area contributed by atoms with Crippen LogP contribution in [0.3, 0.4) is 0 Å². The number of Topliss-reactive ketones (excluding diaryl/α,β-unsaturated/α-hetero) is 1. The Kier molecular flexibility index (Phi) is 18.4. The van der Waals surface area contributed by atoms with E-state index in [4.69, 9.17) is 5.11 Å². The van der Waals surface area contributed by atoms with E-state index >= 15 is 0 Å². The van der Waals surface area contributed by atoms with Gasteiger partial charge in [0, 0.05) is 6.42 Å². The van der Waals surface area contributed by atoms with E-state index < -0.39 is 5.97 Å². The molecule has 0 heterocycles. The van der Waals surface area contributed by atoms with Gasteiger partial charge in [0.25, 0.3) is 0 Å². The Bertz CT molecular complexity index is 217. The van der Waals surface area contributed by atoms with E-state index in [1.807, 2.05) is 0 Å². The van der Waals surface area contributed by atoms with E-state index in [0.717, 1.165) is 12.8 Å². The molecule has 0 aliphatic carbocycles. The van der Waals surface area contributed by atoms with Crippen molar-refractivity contribution in [2.75, 3.05) is 7.05 Å². The van der Waals surface area contributed by atoms with Crippen molar-refractivity contribution >= 4 is 11.8 Å². The first kappa shape index (κ1) is 20.4. The lowest BCUT2D eigenvalue weighted by Gasteiger charge is -2.01. The zero-order valence-electron chi connectivity index (χ0n) is 12.6. The SMILES string of the molecule is CCCCCCCCCCCC(=O)CC(=O)O.CN. The summed E-state index contributed by atoms with van der Waals surface area (Å²) in [5.41, 5.74) is 4.50. The van der Waals surface area contributed by atoms with Gasteiger partial charge in [-0.05, 0) is 13.5 Å². The van der Waals surface area contributed by atoms with Crippen molar-refractivity contribution in [1.29, 1.82) is 0 Å². The van der Waals surface area contributed by atoms with Crippen molar-refractivity contribution in [3.05, 3.63) is 0 Å². The van der Waals surface area contributed by atoms with Crippen molar-refractivity contribution in [1.82, 2.24) is 0 Å². The Morgan fingerprint density at radius 2 is 1.26 bits per heavy atom. The van der Waals surface area contributed by atoms with Gasteiger partial charge < -0.3 is 10.8 Å². The van der Waals surface area contributed by atoms with Gasteiger partial charge in [-0.15, -0.1) is 0 Å². The fourth-order valence-electron chi connectivity index (χ4n) is 1.89. The molecule has 0 amide bonds. The van der Waals surface area contributed by atoms with E-state index in [0.29, 0.717) is 6.42 Å². The Morgan fingerprint density at radius 1 is 0.842 bits per heavy atom. The molecule has 114 valence electrons. The summed E-state index contributed by atoms with van der Waals surface area (Å²) in [5.74, 6) is -1.15. The van der Waals surface area contributed by atoms with Gasteiger partial charge in [0.15, 0.2) is 0 Å². The zero-order valence-corrected chi connectivity index (χ0v) is 12.6. The summed E-state index contributed by atoms with van der Waals surface area (Å²) in [6.07, 6.45) is 11.0. The molecule has 3 N–H and O–H groups in total. The monoisotopic (exact) mass is 273 g/mol. The minimum absolute atomic E-state index is 0.138. The number of unbranched alkanes of at least 4 members (excludes halogenated alkanes) is 8. The maximum atomic E-state index is 11.1. The molecule has 0 aliphatic heterocycles. The zero-order chi connectivity index (χ0) is 14.9. The van der Waals surface area contributed by atoms with E-state index in [1.54, 1.807) is 0 Å². The Balaban J connectivity index is 0. The summed E-state index contributed by atoms with van der Waals surface area (Å²) < 4.78 is 0. The number of carbonyl (C=O) groups is 2. The molecule has 4 heteroatoms. The van der Waals surface area contributed by atoms with Crippen LogP contribution < -0.4 is 5.73 Å². The van der Waals surface area contributed by atoms with Crippen molar-refractivity contribution in [2.45, 2.75) is 77.6 Å². The fourth-order valence-corrected chi connectivity index (χ4v) is 1.89. The van der Waals surface area contributed by atoms with Gasteiger partial charge in [0.05, 0.1) is 0 Å². The molecule has 0 aliphatic rings. The predicted molar refractivity (Wildman–Crippen MR) is 79.2 cm³/mol. The molecule has 0 saturated carbocycles. The van der Waals surface area contributed by atoms with Gasteiger partial charge >= 0.3 is 5.97 Å². The van der Waals surface area contributed by atoms with E-state index in [1.165, 1.54) is 52.0 Å². The van der Waals surface area contributed by atoms with Crippen LogP contribution in [0.1, 0.15) is 77.6 Å². The number of carboxylic acids is 1. The summed E-state index contributed by atoms with van der Waals surface area (Å²) in [6, 6.07) is 0. The second kappa shape index (κ2) is 17.1. The van der Waals surface area contributed by atoms with Crippen molar-refractivity contribution in [2.24, 2.45) is 5.73 Å². The molecule has 0 bridgehead atoms. The van der Waals surface area contributed by atoms with Crippen LogP contribution in [-0.4, -0.2) is 23.9 Å². The van der Waals surface area contributed by atoms with Crippen LogP contribution in [0.2, 0.25) is 0 Å². The molecule has 4 nitrogen and oxygen atoms in total. The maximum absolute atomic E-state index is 11.1. The van der Waals surface area contributed by atoms with E-state index in [2.05, 4.69) is 12.7 Å². The highest BCUT2D eigenvalue weighted by molar-refractivity contribution is 5.94. The normalized spacial score (nSPS) is 9.63.